The van der Waals surface area contributed by atoms with Crippen LogP contribution in [0.15, 0.2) is 66.9 Å². The Morgan fingerprint density at radius 2 is 1.87 bits per heavy atom. The summed E-state index contributed by atoms with van der Waals surface area (Å²) in [5.41, 5.74) is 9.61. The van der Waals surface area contributed by atoms with Crippen LogP contribution in [0.4, 0.5) is 0 Å². The van der Waals surface area contributed by atoms with E-state index in [0.717, 1.165) is 22.2 Å². The van der Waals surface area contributed by atoms with Gasteiger partial charge in [0.25, 0.3) is 5.91 Å². The predicted octanol–water partition coefficient (Wildman–Crippen LogP) is 3.19. The number of fused-ring (bicyclic) bond motifs is 1. The van der Waals surface area contributed by atoms with E-state index in [9.17, 15) is 9.59 Å². The largest absolute Gasteiger partial charge is 0.366 e. The van der Waals surface area contributed by atoms with Crippen LogP contribution in [-0.4, -0.2) is 33.1 Å². The summed E-state index contributed by atoms with van der Waals surface area (Å²) in [7, 11) is 0. The molecule has 4 rings (SSSR count). The molecule has 3 N–H and O–H groups in total. The maximum Gasteiger partial charge on any atom is 0.252 e. The first-order valence-corrected chi connectivity index (χ1v) is 10.2. The number of nitrogens with one attached hydrogen (secondary N) is 1. The van der Waals surface area contributed by atoms with Crippen LogP contribution in [0, 0.1) is 0 Å². The molecule has 4 aromatic rings. The van der Waals surface area contributed by atoms with Crippen molar-refractivity contribution >= 4 is 22.8 Å². The van der Waals surface area contributed by atoms with E-state index in [1.807, 2.05) is 49.4 Å². The van der Waals surface area contributed by atoms with Crippen LogP contribution in [0.3, 0.4) is 0 Å². The van der Waals surface area contributed by atoms with Gasteiger partial charge >= 0.3 is 0 Å². The zero-order chi connectivity index (χ0) is 21.8. The number of hydrogen-bond donors (Lipinski definition) is 2. The van der Waals surface area contributed by atoms with E-state index in [1.165, 1.54) is 0 Å². The Morgan fingerprint density at radius 1 is 1.06 bits per heavy atom. The Bertz CT molecular complexity index is 1250. The van der Waals surface area contributed by atoms with Crippen molar-refractivity contribution in [3.05, 3.63) is 83.6 Å². The molecule has 0 spiro atoms. The zero-order valence-electron chi connectivity index (χ0n) is 17.2. The molecule has 0 aliphatic rings. The van der Waals surface area contributed by atoms with Gasteiger partial charge in [0, 0.05) is 24.2 Å². The smallest absolute Gasteiger partial charge is 0.252 e. The fraction of sp³-hybridized carbons (Fsp3) is 0.167. The molecule has 2 heterocycles. The van der Waals surface area contributed by atoms with E-state index in [0.29, 0.717) is 36.3 Å². The molecule has 0 atom stereocenters. The lowest BCUT2D eigenvalue weighted by molar-refractivity contribution is 0.0954. The number of nitrogens with zero attached hydrogens (tertiary/aromatic N) is 3. The minimum absolute atomic E-state index is 0.189. The third-order valence-electron chi connectivity index (χ3n) is 5.13. The number of carbonyl (C=O) groups excluding carboxylic acids is 2. The van der Waals surface area contributed by atoms with Crippen molar-refractivity contribution in [1.82, 2.24) is 20.1 Å². The number of pyridine rings is 1. The van der Waals surface area contributed by atoms with Crippen LogP contribution in [0.2, 0.25) is 0 Å². The van der Waals surface area contributed by atoms with Crippen LogP contribution in [0.25, 0.3) is 22.3 Å². The zero-order valence-corrected chi connectivity index (χ0v) is 17.2. The normalized spacial score (nSPS) is 10.9. The molecule has 7 heteroatoms. The molecular formula is C24H23N5O2. The molecule has 31 heavy (non-hydrogen) atoms. The van der Waals surface area contributed by atoms with Crippen LogP contribution >= 0.6 is 0 Å². The molecule has 0 aliphatic carbocycles. The minimum atomic E-state index is -0.466. The SMILES string of the molecule is CCn1ncc2c(C(=O)NCCc3cccc(C(N)=O)c3)cc(-c3ccccc3)nc21. The van der Waals surface area contributed by atoms with Gasteiger partial charge in [-0.1, -0.05) is 42.5 Å². The standard InChI is InChI=1S/C24H23N5O2/c1-2-29-23-20(15-27-29)19(14-21(28-23)17-8-4-3-5-9-17)24(31)26-12-11-16-7-6-10-18(13-16)22(25)30/h3-10,13-15H,2,11-12H2,1H3,(H2,25,30)(H,26,31). The molecule has 0 bridgehead atoms. The van der Waals surface area contributed by atoms with Gasteiger partial charge in [0.2, 0.25) is 5.91 Å². The van der Waals surface area contributed by atoms with E-state index < -0.39 is 5.91 Å². The summed E-state index contributed by atoms with van der Waals surface area (Å²) in [5, 5.41) is 8.07. The first-order chi connectivity index (χ1) is 15.1. The summed E-state index contributed by atoms with van der Waals surface area (Å²) in [4.78, 5) is 29.2. The maximum atomic E-state index is 13.1. The first kappa shape index (κ1) is 20.3. The number of primary amides is 1. The van der Waals surface area contributed by atoms with Crippen molar-refractivity contribution in [3.63, 3.8) is 0 Å². The maximum absolute atomic E-state index is 13.1. The number of rotatable bonds is 7. The van der Waals surface area contributed by atoms with Crippen molar-refractivity contribution in [2.45, 2.75) is 19.9 Å². The summed E-state index contributed by atoms with van der Waals surface area (Å²) in [5.74, 6) is -0.655. The second kappa shape index (κ2) is 8.79. The van der Waals surface area contributed by atoms with Crippen LogP contribution < -0.4 is 11.1 Å². The van der Waals surface area contributed by atoms with Gasteiger partial charge in [-0.25, -0.2) is 9.67 Å². The fourth-order valence-electron chi connectivity index (χ4n) is 3.52. The fourth-order valence-corrected chi connectivity index (χ4v) is 3.52. The van der Waals surface area contributed by atoms with Crippen LogP contribution in [0.5, 0.6) is 0 Å². The van der Waals surface area contributed by atoms with Crippen molar-refractivity contribution in [3.8, 4) is 11.3 Å². The number of hydrogen-bond acceptors (Lipinski definition) is 4. The number of aryl methyl sites for hydroxylation is 1. The number of carbonyl (C=O) groups is 2. The van der Waals surface area contributed by atoms with Gasteiger partial charge in [0.15, 0.2) is 5.65 Å². The third kappa shape index (κ3) is 4.30. The summed E-state index contributed by atoms with van der Waals surface area (Å²) >= 11 is 0. The predicted molar refractivity (Wildman–Crippen MR) is 120 cm³/mol. The average molecular weight is 413 g/mol. The molecule has 2 aromatic carbocycles. The molecule has 7 nitrogen and oxygen atoms in total. The van der Waals surface area contributed by atoms with E-state index >= 15 is 0 Å². The highest BCUT2D eigenvalue weighted by atomic mass is 16.2. The lowest BCUT2D eigenvalue weighted by Crippen LogP contribution is -2.26. The highest BCUT2D eigenvalue weighted by Gasteiger charge is 2.17. The summed E-state index contributed by atoms with van der Waals surface area (Å²) in [6.45, 7) is 3.07. The van der Waals surface area contributed by atoms with Crippen LogP contribution in [-0.2, 0) is 13.0 Å². The summed E-state index contributed by atoms with van der Waals surface area (Å²) in [6.07, 6.45) is 2.27. The van der Waals surface area contributed by atoms with Crippen molar-refractivity contribution < 1.29 is 9.59 Å². The molecule has 0 radical (unpaired) electrons. The molecule has 2 aromatic heterocycles. The second-order valence-electron chi connectivity index (χ2n) is 7.19. The molecule has 0 unspecified atom stereocenters. The molecule has 0 saturated carbocycles. The highest BCUT2D eigenvalue weighted by Crippen LogP contribution is 2.25. The average Bonchev–Trinajstić information content (AvgIpc) is 3.22. The van der Waals surface area contributed by atoms with Crippen molar-refractivity contribution in [2.24, 2.45) is 5.73 Å². The molecular weight excluding hydrogens is 390 g/mol. The van der Waals surface area contributed by atoms with Crippen LogP contribution in [0.1, 0.15) is 33.2 Å². The number of amides is 2. The van der Waals surface area contributed by atoms with Crippen molar-refractivity contribution in [1.29, 1.82) is 0 Å². The first-order valence-electron chi connectivity index (χ1n) is 10.2. The van der Waals surface area contributed by atoms with E-state index in [4.69, 9.17) is 10.7 Å². The van der Waals surface area contributed by atoms with Gasteiger partial charge in [-0.15, -0.1) is 0 Å². The Labute approximate surface area is 179 Å². The summed E-state index contributed by atoms with van der Waals surface area (Å²) in [6, 6.07) is 18.7. The number of benzene rings is 2. The van der Waals surface area contributed by atoms with Gasteiger partial charge < -0.3 is 11.1 Å². The number of nitrogens with two attached hydrogens (primary N) is 1. The third-order valence-corrected chi connectivity index (χ3v) is 5.13. The van der Waals surface area contributed by atoms with Gasteiger partial charge in [-0.2, -0.15) is 5.10 Å². The van der Waals surface area contributed by atoms with Gasteiger partial charge in [-0.05, 0) is 37.1 Å². The monoisotopic (exact) mass is 413 g/mol. The topological polar surface area (TPSA) is 103 Å². The van der Waals surface area contributed by atoms with E-state index in [1.54, 1.807) is 29.1 Å². The van der Waals surface area contributed by atoms with Gasteiger partial charge in [0.1, 0.15) is 0 Å². The molecule has 156 valence electrons. The Balaban J connectivity index is 1.59. The Hall–Kier alpha value is -4.00. The van der Waals surface area contributed by atoms with Gasteiger partial charge in [0.05, 0.1) is 22.8 Å². The molecule has 0 aliphatic heterocycles. The highest BCUT2D eigenvalue weighted by molar-refractivity contribution is 6.06. The molecule has 2 amide bonds. The lowest BCUT2D eigenvalue weighted by atomic mass is 10.1. The Morgan fingerprint density at radius 3 is 2.61 bits per heavy atom. The number of aromatic nitrogens is 3. The summed E-state index contributed by atoms with van der Waals surface area (Å²) < 4.78 is 1.79. The molecule has 0 fully saturated rings. The van der Waals surface area contributed by atoms with Crippen molar-refractivity contribution in [2.75, 3.05) is 6.54 Å². The second-order valence-corrected chi connectivity index (χ2v) is 7.19. The van der Waals surface area contributed by atoms with Gasteiger partial charge in [-0.3, -0.25) is 9.59 Å². The quantitative estimate of drug-likeness (QED) is 0.486. The minimum Gasteiger partial charge on any atom is -0.366 e. The van der Waals surface area contributed by atoms with E-state index in [-0.39, 0.29) is 5.91 Å². The van der Waals surface area contributed by atoms with E-state index in [2.05, 4.69) is 10.4 Å². The Kier molecular flexibility index (Phi) is 5.75. The molecule has 0 saturated heterocycles. The lowest BCUT2D eigenvalue weighted by Gasteiger charge is -2.10.